The molecule has 192 valence electrons. The lowest BCUT2D eigenvalue weighted by molar-refractivity contribution is -0.118. The molecule has 1 aromatic heterocycles. The predicted octanol–water partition coefficient (Wildman–Crippen LogP) is 3.77. The average molecular weight is 507 g/mol. The standard InChI is InChI=1S/C27H27FN4O5/c1-14(2)37-13-22(30-16-8-10-21(28)23(12-16)36-3)27(35)31-15-7-9-18-20(11-15)17-5-4-6-19(25(29)33)24(17)32-26(18)34/h4-12,14,22,30H,13H2,1-3H3,(H2,29,33)(H,31,35)(H,32,34). The molecule has 37 heavy (non-hydrogen) atoms. The van der Waals surface area contributed by atoms with Crippen LogP contribution in [0, 0.1) is 5.82 Å². The number of carbonyl (C=O) groups is 2. The van der Waals surface area contributed by atoms with Crippen molar-refractivity contribution in [3.05, 3.63) is 76.3 Å². The second kappa shape index (κ2) is 10.7. The molecule has 0 fully saturated rings. The maximum atomic E-state index is 13.8. The van der Waals surface area contributed by atoms with Gasteiger partial charge in [0.2, 0.25) is 5.91 Å². The molecule has 0 saturated carbocycles. The highest BCUT2D eigenvalue weighted by Crippen LogP contribution is 2.27. The lowest BCUT2D eigenvalue weighted by Crippen LogP contribution is -2.39. The summed E-state index contributed by atoms with van der Waals surface area (Å²) in [6, 6.07) is 13.2. The number of H-pyrrole nitrogens is 1. The largest absolute Gasteiger partial charge is 0.494 e. The Morgan fingerprint density at radius 2 is 1.78 bits per heavy atom. The van der Waals surface area contributed by atoms with Gasteiger partial charge in [-0.25, -0.2) is 4.39 Å². The third kappa shape index (κ3) is 5.54. The maximum Gasteiger partial charge on any atom is 0.256 e. The smallest absolute Gasteiger partial charge is 0.256 e. The van der Waals surface area contributed by atoms with Gasteiger partial charge in [0.05, 0.1) is 30.9 Å². The van der Waals surface area contributed by atoms with Gasteiger partial charge in [-0.1, -0.05) is 12.1 Å². The number of carbonyl (C=O) groups excluding carboxylic acids is 2. The van der Waals surface area contributed by atoms with E-state index in [1.165, 1.54) is 31.4 Å². The number of ether oxygens (including phenoxy) is 2. The van der Waals surface area contributed by atoms with E-state index in [-0.39, 0.29) is 29.6 Å². The number of hydrogen-bond acceptors (Lipinski definition) is 6. The molecule has 4 aromatic rings. The van der Waals surface area contributed by atoms with Crippen LogP contribution in [0.4, 0.5) is 15.8 Å². The zero-order chi connectivity index (χ0) is 26.7. The van der Waals surface area contributed by atoms with Gasteiger partial charge in [0, 0.05) is 28.2 Å². The molecule has 0 spiro atoms. The molecule has 10 heteroatoms. The van der Waals surface area contributed by atoms with Gasteiger partial charge in [-0.3, -0.25) is 14.4 Å². The van der Waals surface area contributed by atoms with Gasteiger partial charge in [-0.2, -0.15) is 0 Å². The van der Waals surface area contributed by atoms with Crippen LogP contribution in [0.2, 0.25) is 0 Å². The molecule has 0 aliphatic rings. The zero-order valence-corrected chi connectivity index (χ0v) is 20.6. The normalized spacial score (nSPS) is 12.0. The number of aromatic amines is 1. The molecular weight excluding hydrogens is 479 g/mol. The van der Waals surface area contributed by atoms with Gasteiger partial charge in [-0.05, 0) is 55.6 Å². The maximum absolute atomic E-state index is 13.8. The van der Waals surface area contributed by atoms with E-state index in [2.05, 4.69) is 15.6 Å². The third-order valence-electron chi connectivity index (χ3n) is 5.80. The van der Waals surface area contributed by atoms with Crippen LogP contribution in [0.5, 0.6) is 5.75 Å². The van der Waals surface area contributed by atoms with Crippen molar-refractivity contribution >= 4 is 44.9 Å². The first kappa shape index (κ1) is 25.6. The SMILES string of the molecule is COc1cc(NC(COC(C)C)C(=O)Nc2ccc3c(=O)[nH]c4c(C(N)=O)cccc4c3c2)ccc1F. The topological polar surface area (TPSA) is 136 Å². The van der Waals surface area contributed by atoms with Gasteiger partial charge < -0.3 is 30.8 Å². The van der Waals surface area contributed by atoms with E-state index in [0.29, 0.717) is 33.1 Å². The van der Waals surface area contributed by atoms with E-state index in [4.69, 9.17) is 15.2 Å². The number of rotatable bonds is 9. The molecule has 0 radical (unpaired) electrons. The van der Waals surface area contributed by atoms with Crippen molar-refractivity contribution in [2.75, 3.05) is 24.4 Å². The van der Waals surface area contributed by atoms with Crippen LogP contribution in [0.1, 0.15) is 24.2 Å². The summed E-state index contributed by atoms with van der Waals surface area (Å²) in [6.45, 7) is 3.74. The average Bonchev–Trinajstić information content (AvgIpc) is 2.86. The van der Waals surface area contributed by atoms with Crippen molar-refractivity contribution in [2.24, 2.45) is 5.73 Å². The Kier molecular flexibility index (Phi) is 7.40. The fourth-order valence-corrected chi connectivity index (χ4v) is 3.99. The molecule has 3 aromatic carbocycles. The van der Waals surface area contributed by atoms with Crippen molar-refractivity contribution in [1.82, 2.24) is 4.98 Å². The summed E-state index contributed by atoms with van der Waals surface area (Å²) in [4.78, 5) is 40.5. The van der Waals surface area contributed by atoms with Crippen LogP contribution >= 0.6 is 0 Å². The number of aromatic nitrogens is 1. The van der Waals surface area contributed by atoms with Gasteiger partial charge in [0.25, 0.3) is 11.5 Å². The number of fused-ring (bicyclic) bond motifs is 3. The van der Waals surface area contributed by atoms with Gasteiger partial charge in [0.15, 0.2) is 11.6 Å². The summed E-state index contributed by atoms with van der Waals surface area (Å²) in [6.07, 6.45) is -0.127. The molecule has 0 aliphatic carbocycles. The summed E-state index contributed by atoms with van der Waals surface area (Å²) in [5.41, 5.74) is 6.51. The van der Waals surface area contributed by atoms with E-state index in [9.17, 15) is 18.8 Å². The summed E-state index contributed by atoms with van der Waals surface area (Å²) >= 11 is 0. The number of halogens is 1. The van der Waals surface area contributed by atoms with Crippen molar-refractivity contribution in [3.63, 3.8) is 0 Å². The van der Waals surface area contributed by atoms with E-state index < -0.39 is 23.7 Å². The molecule has 2 amide bonds. The third-order valence-corrected chi connectivity index (χ3v) is 5.80. The molecule has 0 bridgehead atoms. The Balaban J connectivity index is 1.68. The van der Waals surface area contributed by atoms with E-state index in [1.807, 2.05) is 13.8 Å². The van der Waals surface area contributed by atoms with Crippen LogP contribution in [0.3, 0.4) is 0 Å². The number of anilines is 2. The Morgan fingerprint density at radius 3 is 2.49 bits per heavy atom. The lowest BCUT2D eigenvalue weighted by atomic mass is 10.0. The number of nitrogens with two attached hydrogens (primary N) is 1. The number of hydrogen-bond donors (Lipinski definition) is 4. The second-order valence-corrected chi connectivity index (χ2v) is 8.72. The Hall–Kier alpha value is -4.44. The molecule has 9 nitrogen and oxygen atoms in total. The number of primary amides is 1. The summed E-state index contributed by atoms with van der Waals surface area (Å²) < 4.78 is 24.5. The van der Waals surface area contributed by atoms with Crippen molar-refractivity contribution < 1.29 is 23.5 Å². The van der Waals surface area contributed by atoms with Crippen molar-refractivity contribution in [2.45, 2.75) is 26.0 Å². The fourth-order valence-electron chi connectivity index (χ4n) is 3.99. The highest BCUT2D eigenvalue weighted by atomic mass is 19.1. The van der Waals surface area contributed by atoms with Crippen molar-refractivity contribution in [1.29, 1.82) is 0 Å². The molecular formula is C27H27FN4O5. The van der Waals surface area contributed by atoms with Crippen molar-refractivity contribution in [3.8, 4) is 5.75 Å². The molecule has 5 N–H and O–H groups in total. The summed E-state index contributed by atoms with van der Waals surface area (Å²) in [5, 5.41) is 7.46. The van der Waals surface area contributed by atoms with Gasteiger partial charge in [0.1, 0.15) is 6.04 Å². The van der Waals surface area contributed by atoms with Crippen LogP contribution in [0.15, 0.2) is 59.4 Å². The molecule has 1 atom stereocenters. The quantitative estimate of drug-likeness (QED) is 0.255. The highest BCUT2D eigenvalue weighted by molar-refractivity contribution is 6.13. The summed E-state index contributed by atoms with van der Waals surface area (Å²) in [7, 11) is 1.36. The molecule has 1 heterocycles. The highest BCUT2D eigenvalue weighted by Gasteiger charge is 2.21. The van der Waals surface area contributed by atoms with Crippen LogP contribution in [-0.4, -0.2) is 42.7 Å². The summed E-state index contributed by atoms with van der Waals surface area (Å²) in [5.74, 6) is -1.56. The van der Waals surface area contributed by atoms with Crippen LogP contribution in [0.25, 0.3) is 21.7 Å². The van der Waals surface area contributed by atoms with Crippen LogP contribution in [-0.2, 0) is 9.53 Å². The Morgan fingerprint density at radius 1 is 1.03 bits per heavy atom. The first-order valence-corrected chi connectivity index (χ1v) is 11.6. The van der Waals surface area contributed by atoms with Gasteiger partial charge in [-0.15, -0.1) is 0 Å². The number of benzene rings is 3. The fraction of sp³-hybridized carbons (Fsp3) is 0.222. The number of pyridine rings is 1. The number of nitrogens with one attached hydrogen (secondary N) is 3. The lowest BCUT2D eigenvalue weighted by Gasteiger charge is -2.21. The molecule has 0 saturated heterocycles. The monoisotopic (exact) mass is 506 g/mol. The van der Waals surface area contributed by atoms with Crippen LogP contribution < -0.4 is 26.7 Å². The predicted molar refractivity (Wildman–Crippen MR) is 141 cm³/mol. The van der Waals surface area contributed by atoms with Gasteiger partial charge >= 0.3 is 0 Å². The molecule has 1 unspecified atom stereocenters. The number of methoxy groups -OCH3 is 1. The minimum Gasteiger partial charge on any atom is -0.494 e. The minimum atomic E-state index is -0.828. The minimum absolute atomic E-state index is 0.0379. The van der Waals surface area contributed by atoms with E-state index >= 15 is 0 Å². The zero-order valence-electron chi connectivity index (χ0n) is 20.6. The van der Waals surface area contributed by atoms with E-state index in [0.717, 1.165) is 0 Å². The Bertz CT molecular complexity index is 1550. The second-order valence-electron chi connectivity index (χ2n) is 8.72. The van der Waals surface area contributed by atoms with E-state index in [1.54, 1.807) is 30.3 Å². The first-order chi connectivity index (χ1) is 17.7. The Labute approximate surface area is 211 Å². The number of para-hydroxylation sites is 1. The first-order valence-electron chi connectivity index (χ1n) is 11.6. The number of amides is 2. The molecule has 0 aliphatic heterocycles. The molecule has 4 rings (SSSR count).